The summed E-state index contributed by atoms with van der Waals surface area (Å²) in [6.45, 7) is 1.97. The van der Waals surface area contributed by atoms with Gasteiger partial charge in [0.2, 0.25) is 5.78 Å². The minimum Gasteiger partial charge on any atom is -0.363 e. The van der Waals surface area contributed by atoms with Crippen LogP contribution in [-0.2, 0) is 11.8 Å². The fraction of sp³-hybridized carbons (Fsp3) is 0.118. The number of aryl methyl sites for hydroxylation is 2. The van der Waals surface area contributed by atoms with Crippen LogP contribution in [0.15, 0.2) is 42.5 Å². The number of aromatic nitrogens is 2. The number of amides is 1. The van der Waals surface area contributed by atoms with Gasteiger partial charge < -0.3 is 5.73 Å². The van der Waals surface area contributed by atoms with Gasteiger partial charge in [-0.2, -0.15) is 5.10 Å². The van der Waals surface area contributed by atoms with Crippen LogP contribution < -0.4 is 5.73 Å². The Labute approximate surface area is 127 Å². The number of hydrogen-bond donors (Lipinski definition) is 1. The Morgan fingerprint density at radius 3 is 2.32 bits per heavy atom. The first-order chi connectivity index (χ1) is 10.5. The van der Waals surface area contributed by atoms with E-state index in [4.69, 9.17) is 5.73 Å². The van der Waals surface area contributed by atoms with E-state index in [2.05, 4.69) is 11.2 Å². The topological polar surface area (TPSA) is 78.0 Å². The predicted molar refractivity (Wildman–Crippen MR) is 84.4 cm³/mol. The van der Waals surface area contributed by atoms with Crippen LogP contribution in [0.3, 0.4) is 0 Å². The number of carbonyl (C=O) groups excluding carboxylic acids is 2. The Hall–Kier alpha value is -2.95. The average Bonchev–Trinajstić information content (AvgIpc) is 2.81. The van der Waals surface area contributed by atoms with Crippen molar-refractivity contribution in [2.75, 3.05) is 0 Å². The SMILES string of the molecule is Cc1nn(C)c2ccc(-c3ccc(C(=O)C(N)=O)cc3)cc12. The van der Waals surface area contributed by atoms with Gasteiger partial charge in [0.05, 0.1) is 11.2 Å². The number of Topliss-reactive ketones (excluding diaryl/α,β-unsaturated/α-hetero) is 1. The lowest BCUT2D eigenvalue weighted by Gasteiger charge is -2.04. The number of nitrogens with two attached hydrogens (primary N) is 1. The zero-order valence-electron chi connectivity index (χ0n) is 12.3. The molecular formula is C17H15N3O2. The van der Waals surface area contributed by atoms with Crippen LogP contribution >= 0.6 is 0 Å². The molecule has 0 bridgehead atoms. The number of nitrogens with zero attached hydrogens (tertiary/aromatic N) is 2. The van der Waals surface area contributed by atoms with Gasteiger partial charge in [-0.25, -0.2) is 0 Å². The molecule has 0 atom stereocenters. The lowest BCUT2D eigenvalue weighted by molar-refractivity contribution is -0.114. The maximum Gasteiger partial charge on any atom is 0.289 e. The van der Waals surface area contributed by atoms with Crippen molar-refractivity contribution in [3.8, 4) is 11.1 Å². The molecule has 3 aromatic rings. The highest BCUT2D eigenvalue weighted by Crippen LogP contribution is 2.26. The maximum atomic E-state index is 11.5. The van der Waals surface area contributed by atoms with E-state index in [-0.39, 0.29) is 0 Å². The second-order valence-electron chi connectivity index (χ2n) is 5.21. The second kappa shape index (κ2) is 5.11. The highest BCUT2D eigenvalue weighted by atomic mass is 16.2. The maximum absolute atomic E-state index is 11.5. The van der Waals surface area contributed by atoms with Crippen molar-refractivity contribution in [3.63, 3.8) is 0 Å². The third kappa shape index (κ3) is 2.26. The Morgan fingerprint density at radius 1 is 1.05 bits per heavy atom. The molecule has 3 rings (SSSR count). The van der Waals surface area contributed by atoms with Crippen LogP contribution in [0.2, 0.25) is 0 Å². The molecule has 0 aliphatic carbocycles. The van der Waals surface area contributed by atoms with Gasteiger partial charge >= 0.3 is 0 Å². The first kappa shape index (κ1) is 14.0. The van der Waals surface area contributed by atoms with E-state index in [1.165, 1.54) is 0 Å². The summed E-state index contributed by atoms with van der Waals surface area (Å²) in [6, 6.07) is 12.9. The van der Waals surface area contributed by atoms with Crippen molar-refractivity contribution >= 4 is 22.6 Å². The van der Waals surface area contributed by atoms with Gasteiger partial charge in [-0.1, -0.05) is 30.3 Å². The molecule has 0 saturated heterocycles. The minimum absolute atomic E-state index is 0.301. The van der Waals surface area contributed by atoms with Crippen molar-refractivity contribution < 1.29 is 9.59 Å². The number of fused-ring (bicyclic) bond motifs is 1. The van der Waals surface area contributed by atoms with E-state index in [1.807, 2.05) is 42.9 Å². The smallest absolute Gasteiger partial charge is 0.289 e. The van der Waals surface area contributed by atoms with Gasteiger partial charge in [-0.05, 0) is 30.2 Å². The quantitative estimate of drug-likeness (QED) is 0.594. The van der Waals surface area contributed by atoms with Gasteiger partial charge in [0.25, 0.3) is 5.91 Å². The summed E-state index contributed by atoms with van der Waals surface area (Å²) in [7, 11) is 1.92. The average molecular weight is 293 g/mol. The molecule has 0 spiro atoms. The van der Waals surface area contributed by atoms with Crippen LogP contribution in [0.5, 0.6) is 0 Å². The molecule has 1 aromatic heterocycles. The molecular weight excluding hydrogens is 278 g/mol. The highest BCUT2D eigenvalue weighted by Gasteiger charge is 2.12. The van der Waals surface area contributed by atoms with E-state index in [0.29, 0.717) is 5.56 Å². The number of primary amides is 1. The first-order valence-electron chi connectivity index (χ1n) is 6.85. The monoisotopic (exact) mass is 293 g/mol. The largest absolute Gasteiger partial charge is 0.363 e. The second-order valence-corrected chi connectivity index (χ2v) is 5.21. The van der Waals surface area contributed by atoms with E-state index >= 15 is 0 Å². The summed E-state index contributed by atoms with van der Waals surface area (Å²) >= 11 is 0. The zero-order chi connectivity index (χ0) is 15.9. The van der Waals surface area contributed by atoms with Gasteiger partial charge in [0, 0.05) is 18.0 Å². The molecule has 0 fully saturated rings. The Morgan fingerprint density at radius 2 is 1.68 bits per heavy atom. The fourth-order valence-corrected chi connectivity index (χ4v) is 2.58. The zero-order valence-corrected chi connectivity index (χ0v) is 12.3. The van der Waals surface area contributed by atoms with Crippen molar-refractivity contribution in [3.05, 3.63) is 53.7 Å². The van der Waals surface area contributed by atoms with Crippen LogP contribution in [0.1, 0.15) is 16.1 Å². The molecule has 22 heavy (non-hydrogen) atoms. The normalized spacial score (nSPS) is 10.8. The molecule has 5 heteroatoms. The standard InChI is InChI=1S/C17H15N3O2/c1-10-14-9-13(7-8-15(14)20(2)19-10)11-3-5-12(6-4-11)16(21)17(18)22/h3-9H,1-2H3,(H2,18,22). The summed E-state index contributed by atoms with van der Waals surface area (Å²) in [6.07, 6.45) is 0. The molecule has 0 aliphatic heterocycles. The number of benzene rings is 2. The van der Waals surface area contributed by atoms with Gasteiger partial charge in [0.15, 0.2) is 0 Å². The van der Waals surface area contributed by atoms with Gasteiger partial charge in [-0.3, -0.25) is 14.3 Å². The van der Waals surface area contributed by atoms with Crippen LogP contribution in [0, 0.1) is 6.92 Å². The van der Waals surface area contributed by atoms with Crippen molar-refractivity contribution in [2.45, 2.75) is 6.92 Å². The van der Waals surface area contributed by atoms with Gasteiger partial charge in [-0.15, -0.1) is 0 Å². The van der Waals surface area contributed by atoms with E-state index in [9.17, 15) is 9.59 Å². The van der Waals surface area contributed by atoms with Crippen LogP contribution in [-0.4, -0.2) is 21.5 Å². The molecule has 0 saturated carbocycles. The number of ketones is 1. The molecule has 110 valence electrons. The first-order valence-corrected chi connectivity index (χ1v) is 6.85. The fourth-order valence-electron chi connectivity index (χ4n) is 2.58. The molecule has 0 aliphatic rings. The van der Waals surface area contributed by atoms with E-state index in [0.717, 1.165) is 27.7 Å². The molecule has 0 unspecified atom stereocenters. The summed E-state index contributed by atoms with van der Waals surface area (Å²) in [5, 5.41) is 5.50. The Bertz CT molecular complexity index is 892. The van der Waals surface area contributed by atoms with Crippen molar-refractivity contribution in [1.29, 1.82) is 0 Å². The summed E-state index contributed by atoms with van der Waals surface area (Å²) in [4.78, 5) is 22.4. The van der Waals surface area contributed by atoms with Gasteiger partial charge in [0.1, 0.15) is 0 Å². The molecule has 2 N–H and O–H groups in total. The Balaban J connectivity index is 2.02. The number of rotatable bonds is 3. The highest BCUT2D eigenvalue weighted by molar-refractivity contribution is 6.42. The molecule has 1 heterocycles. The lowest BCUT2D eigenvalue weighted by Crippen LogP contribution is -2.22. The third-order valence-corrected chi connectivity index (χ3v) is 3.74. The van der Waals surface area contributed by atoms with Crippen LogP contribution in [0.4, 0.5) is 0 Å². The van der Waals surface area contributed by atoms with Crippen LogP contribution in [0.25, 0.3) is 22.0 Å². The molecule has 0 radical (unpaired) electrons. The minimum atomic E-state index is -0.944. The van der Waals surface area contributed by atoms with E-state index < -0.39 is 11.7 Å². The third-order valence-electron chi connectivity index (χ3n) is 3.74. The van der Waals surface area contributed by atoms with E-state index in [1.54, 1.807) is 12.1 Å². The Kier molecular flexibility index (Phi) is 3.25. The molecule has 2 aromatic carbocycles. The molecule has 1 amide bonds. The predicted octanol–water partition coefficient (Wildman–Crippen LogP) is 2.22. The number of hydrogen-bond acceptors (Lipinski definition) is 3. The summed E-state index contributed by atoms with van der Waals surface area (Å²) in [5.74, 6) is -1.62. The number of carbonyl (C=O) groups is 2. The summed E-state index contributed by atoms with van der Waals surface area (Å²) < 4.78 is 1.85. The lowest BCUT2D eigenvalue weighted by atomic mass is 10.0. The summed E-state index contributed by atoms with van der Waals surface area (Å²) in [5.41, 5.74) is 9.34. The molecule has 5 nitrogen and oxygen atoms in total. The van der Waals surface area contributed by atoms with Crippen molar-refractivity contribution in [1.82, 2.24) is 9.78 Å². The van der Waals surface area contributed by atoms with Crippen molar-refractivity contribution in [2.24, 2.45) is 12.8 Å².